The monoisotopic (exact) mass is 296 g/mol. The summed E-state index contributed by atoms with van der Waals surface area (Å²) in [5, 5.41) is 11.7. The topological polar surface area (TPSA) is 79.9 Å². The number of nitrogens with one attached hydrogen (secondary N) is 2. The summed E-state index contributed by atoms with van der Waals surface area (Å²) in [4.78, 5) is 15.2. The van der Waals surface area contributed by atoms with Gasteiger partial charge in [-0.2, -0.15) is 0 Å². The first-order valence-electron chi connectivity index (χ1n) is 7.07. The minimum Gasteiger partial charge on any atom is -0.477 e. The molecule has 6 heteroatoms. The van der Waals surface area contributed by atoms with Gasteiger partial charge in [-0.15, -0.1) is 10.2 Å². The van der Waals surface area contributed by atoms with E-state index in [2.05, 4.69) is 20.5 Å². The minimum absolute atomic E-state index is 0.262. The van der Waals surface area contributed by atoms with E-state index >= 15 is 0 Å². The van der Waals surface area contributed by atoms with Crippen molar-refractivity contribution in [3.8, 4) is 5.88 Å². The van der Waals surface area contributed by atoms with E-state index in [4.69, 9.17) is 4.74 Å². The lowest BCUT2D eigenvalue weighted by atomic mass is 10.1. The number of carbonyl (C=O) groups is 1. The maximum Gasteiger partial charge on any atom is 0.272 e. The molecule has 0 atom stereocenters. The Balaban J connectivity index is 1.63. The first-order valence-corrected chi connectivity index (χ1v) is 7.07. The number of ether oxygens (including phenoxy) is 1. The van der Waals surface area contributed by atoms with E-state index in [1.54, 1.807) is 12.1 Å². The third kappa shape index (κ3) is 3.06. The molecule has 2 N–H and O–H groups in total. The van der Waals surface area contributed by atoms with Crippen LogP contribution in [-0.4, -0.2) is 27.7 Å². The molecule has 0 saturated heterocycles. The fourth-order valence-corrected chi connectivity index (χ4v) is 2.14. The summed E-state index contributed by atoms with van der Waals surface area (Å²) in [6.07, 6.45) is 1.89. The lowest BCUT2D eigenvalue weighted by Gasteiger charge is -2.05. The van der Waals surface area contributed by atoms with Gasteiger partial charge in [0.1, 0.15) is 0 Å². The molecule has 0 aliphatic rings. The average molecular weight is 296 g/mol. The molecule has 0 unspecified atom stereocenters. The number of aromatic amines is 1. The highest BCUT2D eigenvalue weighted by molar-refractivity contribution is 5.92. The van der Waals surface area contributed by atoms with Crippen LogP contribution in [0.5, 0.6) is 5.88 Å². The number of fused-ring (bicyclic) bond motifs is 1. The number of aromatic nitrogens is 3. The van der Waals surface area contributed by atoms with Crippen LogP contribution in [0.25, 0.3) is 10.9 Å². The van der Waals surface area contributed by atoms with E-state index in [0.29, 0.717) is 19.0 Å². The zero-order chi connectivity index (χ0) is 15.4. The minimum atomic E-state index is -0.262. The second-order valence-electron chi connectivity index (χ2n) is 4.77. The van der Waals surface area contributed by atoms with Gasteiger partial charge in [0.25, 0.3) is 5.91 Å². The highest BCUT2D eigenvalue weighted by Gasteiger charge is 2.08. The van der Waals surface area contributed by atoms with Crippen molar-refractivity contribution in [3.05, 3.63) is 53.9 Å². The Bertz CT molecular complexity index is 780. The van der Waals surface area contributed by atoms with Crippen LogP contribution < -0.4 is 10.1 Å². The number of hydrogen-bond acceptors (Lipinski definition) is 4. The van der Waals surface area contributed by atoms with Crippen molar-refractivity contribution in [1.82, 2.24) is 20.5 Å². The van der Waals surface area contributed by atoms with E-state index < -0.39 is 0 Å². The Morgan fingerprint density at radius 1 is 1.23 bits per heavy atom. The number of hydrogen-bond donors (Lipinski definition) is 2. The van der Waals surface area contributed by atoms with E-state index in [9.17, 15) is 4.79 Å². The van der Waals surface area contributed by atoms with Gasteiger partial charge in [0, 0.05) is 24.3 Å². The average Bonchev–Trinajstić information content (AvgIpc) is 3.01. The SMILES string of the molecule is CCOc1ccc(C(=O)NCc2ccc3cc[nH]c3c2)nn1. The Hall–Kier alpha value is -2.89. The van der Waals surface area contributed by atoms with E-state index in [1.807, 2.05) is 37.4 Å². The summed E-state index contributed by atoms with van der Waals surface area (Å²) in [7, 11) is 0. The van der Waals surface area contributed by atoms with Crippen LogP contribution in [0.15, 0.2) is 42.6 Å². The zero-order valence-electron chi connectivity index (χ0n) is 12.2. The summed E-state index contributed by atoms with van der Waals surface area (Å²) in [6, 6.07) is 11.3. The molecular formula is C16H16N4O2. The molecule has 1 amide bonds. The molecule has 2 heterocycles. The highest BCUT2D eigenvalue weighted by atomic mass is 16.5. The van der Waals surface area contributed by atoms with Crippen LogP contribution in [0, 0.1) is 0 Å². The van der Waals surface area contributed by atoms with Crippen molar-refractivity contribution < 1.29 is 9.53 Å². The Labute approximate surface area is 127 Å². The highest BCUT2D eigenvalue weighted by Crippen LogP contribution is 2.14. The molecule has 0 saturated carbocycles. The molecule has 6 nitrogen and oxygen atoms in total. The molecular weight excluding hydrogens is 280 g/mol. The van der Waals surface area contributed by atoms with Gasteiger partial charge in [0.2, 0.25) is 5.88 Å². The Morgan fingerprint density at radius 2 is 2.14 bits per heavy atom. The predicted molar refractivity (Wildman–Crippen MR) is 82.7 cm³/mol. The smallest absolute Gasteiger partial charge is 0.272 e. The fraction of sp³-hybridized carbons (Fsp3) is 0.188. The van der Waals surface area contributed by atoms with Crippen LogP contribution >= 0.6 is 0 Å². The number of nitrogens with zero attached hydrogens (tertiary/aromatic N) is 2. The van der Waals surface area contributed by atoms with Gasteiger partial charge in [-0.3, -0.25) is 4.79 Å². The molecule has 112 valence electrons. The molecule has 22 heavy (non-hydrogen) atoms. The van der Waals surface area contributed by atoms with Gasteiger partial charge in [0.15, 0.2) is 5.69 Å². The van der Waals surface area contributed by atoms with Gasteiger partial charge in [-0.05, 0) is 36.1 Å². The molecule has 0 bridgehead atoms. The van der Waals surface area contributed by atoms with Crippen LogP contribution in [-0.2, 0) is 6.54 Å². The maximum atomic E-state index is 12.0. The first kappa shape index (κ1) is 14.1. The van der Waals surface area contributed by atoms with Crippen molar-refractivity contribution in [1.29, 1.82) is 0 Å². The zero-order valence-corrected chi connectivity index (χ0v) is 12.2. The van der Waals surface area contributed by atoms with Gasteiger partial charge >= 0.3 is 0 Å². The summed E-state index contributed by atoms with van der Waals surface area (Å²) in [5.41, 5.74) is 2.33. The van der Waals surface area contributed by atoms with Crippen molar-refractivity contribution >= 4 is 16.8 Å². The van der Waals surface area contributed by atoms with Crippen molar-refractivity contribution in [3.63, 3.8) is 0 Å². The number of H-pyrrole nitrogens is 1. The summed E-state index contributed by atoms with van der Waals surface area (Å²) in [6.45, 7) is 2.81. The van der Waals surface area contributed by atoms with Gasteiger partial charge in [0.05, 0.1) is 6.61 Å². The lowest BCUT2D eigenvalue weighted by Crippen LogP contribution is -2.24. The summed E-state index contributed by atoms with van der Waals surface area (Å²) in [5.74, 6) is 0.151. The molecule has 1 aromatic carbocycles. The quantitative estimate of drug-likeness (QED) is 0.757. The van der Waals surface area contributed by atoms with E-state index in [0.717, 1.165) is 16.5 Å². The predicted octanol–water partition coefficient (Wildman–Crippen LogP) is 2.29. The Morgan fingerprint density at radius 3 is 2.91 bits per heavy atom. The second-order valence-corrected chi connectivity index (χ2v) is 4.77. The second kappa shape index (κ2) is 6.26. The van der Waals surface area contributed by atoms with Crippen molar-refractivity contribution in [2.45, 2.75) is 13.5 Å². The molecule has 2 aromatic heterocycles. The van der Waals surface area contributed by atoms with E-state index in [-0.39, 0.29) is 11.6 Å². The number of rotatable bonds is 5. The molecule has 0 spiro atoms. The number of amides is 1. The number of carbonyl (C=O) groups excluding carboxylic acids is 1. The van der Waals surface area contributed by atoms with Crippen molar-refractivity contribution in [2.24, 2.45) is 0 Å². The summed E-state index contributed by atoms with van der Waals surface area (Å²) < 4.78 is 5.19. The third-order valence-corrected chi connectivity index (χ3v) is 3.24. The number of benzene rings is 1. The van der Waals surface area contributed by atoms with Gasteiger partial charge in [-0.25, -0.2) is 0 Å². The first-order chi connectivity index (χ1) is 10.8. The Kier molecular flexibility index (Phi) is 4.00. The maximum absolute atomic E-state index is 12.0. The largest absolute Gasteiger partial charge is 0.477 e. The van der Waals surface area contributed by atoms with Crippen LogP contribution in [0.4, 0.5) is 0 Å². The van der Waals surface area contributed by atoms with E-state index in [1.165, 1.54) is 0 Å². The van der Waals surface area contributed by atoms with Gasteiger partial charge < -0.3 is 15.0 Å². The van der Waals surface area contributed by atoms with Gasteiger partial charge in [-0.1, -0.05) is 12.1 Å². The standard InChI is InChI=1S/C16H16N4O2/c1-2-22-15-6-5-13(19-20-15)16(21)18-10-11-3-4-12-7-8-17-14(12)9-11/h3-9,17H,2,10H2,1H3,(H,18,21). The lowest BCUT2D eigenvalue weighted by molar-refractivity contribution is 0.0944. The van der Waals surface area contributed by atoms with Crippen LogP contribution in [0.3, 0.4) is 0 Å². The van der Waals surface area contributed by atoms with Crippen LogP contribution in [0.1, 0.15) is 23.0 Å². The molecule has 0 aliphatic heterocycles. The molecule has 3 rings (SSSR count). The van der Waals surface area contributed by atoms with Crippen molar-refractivity contribution in [2.75, 3.05) is 6.61 Å². The molecule has 3 aromatic rings. The molecule has 0 radical (unpaired) electrons. The third-order valence-electron chi connectivity index (χ3n) is 3.24. The summed E-state index contributed by atoms with van der Waals surface area (Å²) >= 11 is 0. The van der Waals surface area contributed by atoms with Crippen LogP contribution in [0.2, 0.25) is 0 Å². The molecule has 0 aliphatic carbocycles. The fourth-order valence-electron chi connectivity index (χ4n) is 2.14. The normalized spacial score (nSPS) is 10.6. The molecule has 0 fully saturated rings.